The maximum absolute atomic E-state index is 13.1. The summed E-state index contributed by atoms with van der Waals surface area (Å²) in [6.07, 6.45) is 0.672. The van der Waals surface area contributed by atoms with Crippen molar-refractivity contribution in [1.82, 2.24) is 9.97 Å². The fourth-order valence-corrected chi connectivity index (χ4v) is 1.76. The minimum atomic E-state index is -1.50. The summed E-state index contributed by atoms with van der Waals surface area (Å²) in [5.41, 5.74) is 0.906. The van der Waals surface area contributed by atoms with Crippen LogP contribution in [0.2, 0.25) is 0 Å². The molecule has 0 saturated heterocycles. The molecule has 1 aromatic heterocycles. The average Bonchev–Trinajstić information content (AvgIpc) is 2.34. The van der Waals surface area contributed by atoms with Crippen molar-refractivity contribution < 1.29 is 13.2 Å². The molecule has 0 spiro atoms. The molecule has 0 saturated carbocycles. The maximum Gasteiger partial charge on any atom is 0.194 e. The van der Waals surface area contributed by atoms with E-state index < -0.39 is 17.5 Å². The van der Waals surface area contributed by atoms with Crippen molar-refractivity contribution in [2.75, 3.05) is 0 Å². The molecule has 2 rings (SSSR count). The molecule has 0 radical (unpaired) electrons. The van der Waals surface area contributed by atoms with Gasteiger partial charge in [-0.15, -0.1) is 0 Å². The average molecular weight is 270 g/mol. The smallest absolute Gasteiger partial charge is 0.194 e. The van der Waals surface area contributed by atoms with Gasteiger partial charge in [-0.1, -0.05) is 19.1 Å². The van der Waals surface area contributed by atoms with Crippen molar-refractivity contribution in [2.45, 2.75) is 13.3 Å². The lowest BCUT2D eigenvalue weighted by atomic mass is 10.2. The number of H-pyrrole nitrogens is 1. The molecule has 0 unspecified atom stereocenters. The van der Waals surface area contributed by atoms with Gasteiger partial charge in [-0.2, -0.15) is 0 Å². The third-order valence-electron chi connectivity index (χ3n) is 2.44. The summed E-state index contributed by atoms with van der Waals surface area (Å²) in [5.74, 6) is -3.79. The van der Waals surface area contributed by atoms with Crippen LogP contribution in [0.3, 0.4) is 0 Å². The van der Waals surface area contributed by atoms with Gasteiger partial charge < -0.3 is 4.98 Å². The van der Waals surface area contributed by atoms with E-state index in [0.717, 1.165) is 17.8 Å². The Morgan fingerprint density at radius 2 is 1.78 bits per heavy atom. The van der Waals surface area contributed by atoms with E-state index in [1.165, 1.54) is 0 Å². The summed E-state index contributed by atoms with van der Waals surface area (Å²) in [6, 6.07) is 3.42. The lowest BCUT2D eigenvalue weighted by Crippen LogP contribution is -1.98. The predicted molar refractivity (Wildman–Crippen MR) is 64.1 cm³/mol. The van der Waals surface area contributed by atoms with Gasteiger partial charge in [0.2, 0.25) is 0 Å². The fraction of sp³-hybridized carbons (Fsp3) is 0.167. The van der Waals surface area contributed by atoms with Crippen LogP contribution in [0.5, 0.6) is 0 Å². The number of nitrogens with zero attached hydrogens (tertiary/aromatic N) is 1. The highest BCUT2D eigenvalue weighted by atomic mass is 32.1. The summed E-state index contributed by atoms with van der Waals surface area (Å²) in [5, 5.41) is 0. The summed E-state index contributed by atoms with van der Waals surface area (Å²) in [7, 11) is 0. The van der Waals surface area contributed by atoms with Crippen LogP contribution in [-0.4, -0.2) is 9.97 Å². The van der Waals surface area contributed by atoms with E-state index in [2.05, 4.69) is 9.97 Å². The molecule has 0 atom stereocenters. The zero-order valence-electron chi connectivity index (χ0n) is 9.43. The highest BCUT2D eigenvalue weighted by molar-refractivity contribution is 7.71. The highest BCUT2D eigenvalue weighted by Gasteiger charge is 2.12. The molecule has 1 aromatic carbocycles. The zero-order valence-corrected chi connectivity index (χ0v) is 10.2. The van der Waals surface area contributed by atoms with Crippen LogP contribution in [0.4, 0.5) is 13.2 Å². The lowest BCUT2D eigenvalue weighted by Gasteiger charge is -2.05. The molecule has 94 valence electrons. The molecule has 1 N–H and O–H groups in total. The third kappa shape index (κ3) is 2.43. The number of halogens is 3. The van der Waals surface area contributed by atoms with Gasteiger partial charge in [0.25, 0.3) is 0 Å². The number of hydrogen-bond donors (Lipinski definition) is 1. The number of hydrogen-bond acceptors (Lipinski definition) is 2. The minimum Gasteiger partial charge on any atom is -0.343 e. The Kier molecular flexibility index (Phi) is 3.47. The summed E-state index contributed by atoms with van der Waals surface area (Å²) < 4.78 is 39.4. The second-order valence-electron chi connectivity index (χ2n) is 3.70. The summed E-state index contributed by atoms with van der Waals surface area (Å²) in [4.78, 5) is 6.86. The van der Waals surface area contributed by atoms with E-state index in [1.807, 2.05) is 6.92 Å². The van der Waals surface area contributed by atoms with Crippen LogP contribution in [-0.2, 0) is 6.42 Å². The van der Waals surface area contributed by atoms with Crippen LogP contribution in [0.15, 0.2) is 18.2 Å². The lowest BCUT2D eigenvalue weighted by molar-refractivity contribution is 0.447. The van der Waals surface area contributed by atoms with Crippen molar-refractivity contribution in [3.05, 3.63) is 46.0 Å². The first-order valence-corrected chi connectivity index (χ1v) is 5.67. The van der Waals surface area contributed by atoms with Crippen LogP contribution in [0.1, 0.15) is 12.6 Å². The fourth-order valence-electron chi connectivity index (χ4n) is 1.53. The maximum atomic E-state index is 13.1. The van der Waals surface area contributed by atoms with Gasteiger partial charge in [0.15, 0.2) is 17.5 Å². The number of benzene rings is 1. The Labute approximate surface area is 107 Å². The Morgan fingerprint density at radius 3 is 2.33 bits per heavy atom. The van der Waals surface area contributed by atoms with E-state index in [1.54, 1.807) is 6.07 Å². The third-order valence-corrected chi connectivity index (χ3v) is 2.65. The van der Waals surface area contributed by atoms with Gasteiger partial charge in [0.1, 0.15) is 10.5 Å². The molecule has 0 aliphatic rings. The summed E-state index contributed by atoms with van der Waals surface area (Å²) in [6.45, 7) is 1.90. The molecule has 0 aliphatic heterocycles. The highest BCUT2D eigenvalue weighted by Crippen LogP contribution is 2.21. The van der Waals surface area contributed by atoms with Gasteiger partial charge in [-0.25, -0.2) is 18.2 Å². The standard InChI is InChI=1S/C12H9F3N2S/c1-2-7-5-10(18)17-12(16-7)6-3-8(13)11(15)9(14)4-6/h3-5H,2H2,1H3,(H,16,17,18). The van der Waals surface area contributed by atoms with E-state index >= 15 is 0 Å². The van der Waals surface area contributed by atoms with Crippen molar-refractivity contribution in [3.63, 3.8) is 0 Å². The zero-order chi connectivity index (χ0) is 13.3. The first-order chi connectivity index (χ1) is 8.51. The predicted octanol–water partition coefficient (Wildman–Crippen LogP) is 3.79. The van der Waals surface area contributed by atoms with E-state index in [-0.39, 0.29) is 11.4 Å². The molecule has 0 fully saturated rings. The topological polar surface area (TPSA) is 28.7 Å². The quantitative estimate of drug-likeness (QED) is 0.664. The molecule has 2 nitrogen and oxygen atoms in total. The largest absolute Gasteiger partial charge is 0.343 e. The SMILES string of the molecule is CCc1cc(=S)nc(-c2cc(F)c(F)c(F)c2)[nH]1. The molecular formula is C12H9F3N2S. The first kappa shape index (κ1) is 12.8. The molecule has 2 aromatic rings. The van der Waals surface area contributed by atoms with E-state index in [0.29, 0.717) is 11.1 Å². The number of aromatic nitrogens is 2. The van der Waals surface area contributed by atoms with Crippen LogP contribution < -0.4 is 0 Å². The first-order valence-electron chi connectivity index (χ1n) is 5.26. The molecule has 6 heteroatoms. The normalized spacial score (nSPS) is 10.7. The van der Waals surface area contributed by atoms with E-state index in [9.17, 15) is 13.2 Å². The van der Waals surface area contributed by atoms with Crippen LogP contribution in [0.25, 0.3) is 11.4 Å². The van der Waals surface area contributed by atoms with Crippen molar-refractivity contribution >= 4 is 12.2 Å². The van der Waals surface area contributed by atoms with Gasteiger partial charge in [-0.05, 0) is 24.6 Å². The van der Waals surface area contributed by atoms with Crippen molar-refractivity contribution in [2.24, 2.45) is 0 Å². The monoisotopic (exact) mass is 270 g/mol. The van der Waals surface area contributed by atoms with Crippen LogP contribution in [0, 0.1) is 22.1 Å². The Morgan fingerprint density at radius 1 is 1.17 bits per heavy atom. The Hall–Kier alpha value is -1.69. The number of aromatic amines is 1. The van der Waals surface area contributed by atoms with Crippen molar-refractivity contribution in [3.8, 4) is 11.4 Å². The minimum absolute atomic E-state index is 0.118. The number of nitrogens with one attached hydrogen (secondary N) is 1. The molecule has 0 aliphatic carbocycles. The number of rotatable bonds is 2. The van der Waals surface area contributed by atoms with Crippen LogP contribution >= 0.6 is 12.2 Å². The molecule has 1 heterocycles. The van der Waals surface area contributed by atoms with E-state index in [4.69, 9.17) is 12.2 Å². The van der Waals surface area contributed by atoms with Gasteiger partial charge in [-0.3, -0.25) is 0 Å². The van der Waals surface area contributed by atoms with Gasteiger partial charge >= 0.3 is 0 Å². The van der Waals surface area contributed by atoms with Gasteiger partial charge in [0, 0.05) is 11.3 Å². The Bertz CT molecular complexity index is 629. The summed E-state index contributed by atoms with van der Waals surface area (Å²) >= 11 is 4.95. The molecule has 0 amide bonds. The van der Waals surface area contributed by atoms with Gasteiger partial charge in [0.05, 0.1) is 0 Å². The molecule has 0 bridgehead atoms. The second kappa shape index (κ2) is 4.89. The molecule has 18 heavy (non-hydrogen) atoms. The second-order valence-corrected chi connectivity index (χ2v) is 4.12. The molecular weight excluding hydrogens is 261 g/mol. The Balaban J connectivity index is 2.62. The number of aryl methyl sites for hydroxylation is 1. The van der Waals surface area contributed by atoms with Crippen molar-refractivity contribution in [1.29, 1.82) is 0 Å².